The molecule has 1 aromatic rings. The summed E-state index contributed by atoms with van der Waals surface area (Å²) in [6.07, 6.45) is 0.331. The van der Waals surface area contributed by atoms with Gasteiger partial charge in [-0.2, -0.15) is 0 Å². The number of benzene rings is 1. The van der Waals surface area contributed by atoms with Crippen molar-refractivity contribution in [2.75, 3.05) is 0 Å². The predicted molar refractivity (Wildman–Crippen MR) is 69.2 cm³/mol. The van der Waals surface area contributed by atoms with E-state index in [2.05, 4.69) is 13.5 Å². The lowest BCUT2D eigenvalue weighted by Crippen LogP contribution is -2.03. The van der Waals surface area contributed by atoms with E-state index in [1.807, 2.05) is 44.2 Å². The Bertz CT molecular complexity index is 387. The van der Waals surface area contributed by atoms with Gasteiger partial charge in [-0.15, -0.1) is 0 Å². The molecule has 0 radical (unpaired) electrons. The summed E-state index contributed by atoms with van der Waals surface area (Å²) in [4.78, 5) is 0. The van der Waals surface area contributed by atoms with E-state index in [1.54, 1.807) is 0 Å². The third-order valence-corrected chi connectivity index (χ3v) is 2.95. The van der Waals surface area contributed by atoms with Crippen molar-refractivity contribution < 1.29 is 5.11 Å². The van der Waals surface area contributed by atoms with Crippen molar-refractivity contribution in [3.8, 4) is 0 Å². The second kappa shape index (κ2) is 5.66. The van der Waals surface area contributed by atoms with Crippen molar-refractivity contribution in [2.24, 2.45) is 0 Å². The summed E-state index contributed by atoms with van der Waals surface area (Å²) in [5.74, 6) is 0. The van der Waals surface area contributed by atoms with Crippen molar-refractivity contribution >= 4 is 0 Å². The monoisotopic (exact) mass is 216 g/mol. The topological polar surface area (TPSA) is 20.2 Å². The van der Waals surface area contributed by atoms with Gasteiger partial charge < -0.3 is 5.11 Å². The maximum atomic E-state index is 10.3. The van der Waals surface area contributed by atoms with E-state index in [-0.39, 0.29) is 0 Å². The number of allylic oxidation sites excluding steroid dienone is 2. The zero-order valence-corrected chi connectivity index (χ0v) is 10.3. The van der Waals surface area contributed by atoms with Crippen LogP contribution in [0.4, 0.5) is 0 Å². The van der Waals surface area contributed by atoms with Gasteiger partial charge in [0.2, 0.25) is 0 Å². The molecule has 1 aromatic carbocycles. The first kappa shape index (κ1) is 12.7. The minimum Gasteiger partial charge on any atom is -0.384 e. The summed E-state index contributed by atoms with van der Waals surface area (Å²) in [6, 6.07) is 9.75. The fourth-order valence-corrected chi connectivity index (χ4v) is 1.77. The Morgan fingerprint density at radius 3 is 2.25 bits per heavy atom. The molecule has 1 N–H and O–H groups in total. The Hall–Kier alpha value is -1.34. The fourth-order valence-electron chi connectivity index (χ4n) is 1.77. The fraction of sp³-hybridized carbons (Fsp3) is 0.333. The summed E-state index contributed by atoms with van der Waals surface area (Å²) in [5.41, 5.74) is 4.13. The molecule has 1 heteroatoms. The number of rotatable bonds is 4. The summed E-state index contributed by atoms with van der Waals surface area (Å²) in [7, 11) is 0. The summed E-state index contributed by atoms with van der Waals surface area (Å²) >= 11 is 0. The van der Waals surface area contributed by atoms with Crippen molar-refractivity contribution in [1.82, 2.24) is 0 Å². The molecule has 0 spiro atoms. The van der Waals surface area contributed by atoms with Crippen molar-refractivity contribution in [2.45, 2.75) is 33.3 Å². The first-order chi connectivity index (χ1) is 7.57. The van der Waals surface area contributed by atoms with Gasteiger partial charge in [0.25, 0.3) is 0 Å². The molecule has 16 heavy (non-hydrogen) atoms. The highest BCUT2D eigenvalue weighted by molar-refractivity contribution is 5.36. The van der Waals surface area contributed by atoms with Gasteiger partial charge in [0.1, 0.15) is 6.10 Å². The average molecular weight is 216 g/mol. The lowest BCUT2D eigenvalue weighted by atomic mass is 9.93. The lowest BCUT2D eigenvalue weighted by Gasteiger charge is -2.17. The number of aliphatic hydroxyl groups excluding tert-OH is 1. The molecular weight excluding hydrogens is 196 g/mol. The second-order valence-electron chi connectivity index (χ2n) is 4.10. The SMILES string of the molecule is C=C(C)/C(C)=C(\CC)C(O)c1ccccc1. The normalized spacial score (nSPS) is 14.2. The molecule has 1 unspecified atom stereocenters. The highest BCUT2D eigenvalue weighted by Gasteiger charge is 2.14. The van der Waals surface area contributed by atoms with Crippen molar-refractivity contribution in [1.29, 1.82) is 0 Å². The molecule has 0 bridgehead atoms. The van der Waals surface area contributed by atoms with Crippen LogP contribution < -0.4 is 0 Å². The van der Waals surface area contributed by atoms with E-state index in [9.17, 15) is 5.11 Å². The third kappa shape index (κ3) is 2.83. The predicted octanol–water partition coefficient (Wildman–Crippen LogP) is 4.02. The molecule has 0 heterocycles. The Kier molecular flexibility index (Phi) is 4.51. The molecule has 0 aliphatic carbocycles. The van der Waals surface area contributed by atoms with E-state index in [0.29, 0.717) is 0 Å². The molecule has 0 saturated heterocycles. The standard InChI is InChI=1S/C15H20O/c1-5-14(12(4)11(2)3)15(16)13-9-7-6-8-10-13/h6-10,15-16H,2,5H2,1,3-4H3/b14-12+. The molecule has 0 saturated carbocycles. The molecule has 0 aliphatic heterocycles. The van der Waals surface area contributed by atoms with Gasteiger partial charge in [-0.05, 0) is 37.0 Å². The van der Waals surface area contributed by atoms with Crippen LogP contribution in [0.15, 0.2) is 53.6 Å². The van der Waals surface area contributed by atoms with Crippen LogP contribution >= 0.6 is 0 Å². The van der Waals surface area contributed by atoms with Gasteiger partial charge >= 0.3 is 0 Å². The molecule has 1 rings (SSSR count). The van der Waals surface area contributed by atoms with Crippen LogP contribution in [0.5, 0.6) is 0 Å². The number of hydrogen-bond donors (Lipinski definition) is 1. The lowest BCUT2D eigenvalue weighted by molar-refractivity contribution is 0.211. The van der Waals surface area contributed by atoms with Crippen LogP contribution in [0.25, 0.3) is 0 Å². The minimum atomic E-state index is -0.511. The Morgan fingerprint density at radius 2 is 1.81 bits per heavy atom. The smallest absolute Gasteiger partial charge is 0.101 e. The van der Waals surface area contributed by atoms with Crippen LogP contribution in [0.2, 0.25) is 0 Å². The van der Waals surface area contributed by atoms with Gasteiger partial charge in [0.15, 0.2) is 0 Å². The van der Waals surface area contributed by atoms with Crippen LogP contribution in [-0.4, -0.2) is 5.11 Å². The quantitative estimate of drug-likeness (QED) is 0.754. The average Bonchev–Trinajstić information content (AvgIpc) is 2.30. The molecule has 0 amide bonds. The molecule has 0 fully saturated rings. The molecule has 1 nitrogen and oxygen atoms in total. The Labute approximate surface area is 98.1 Å². The van der Waals surface area contributed by atoms with E-state index >= 15 is 0 Å². The number of aliphatic hydroxyl groups is 1. The van der Waals surface area contributed by atoms with Gasteiger partial charge in [-0.3, -0.25) is 0 Å². The minimum absolute atomic E-state index is 0.511. The summed E-state index contributed by atoms with van der Waals surface area (Å²) in [5, 5.41) is 10.3. The third-order valence-electron chi connectivity index (χ3n) is 2.95. The number of hydrogen-bond acceptors (Lipinski definition) is 1. The molecule has 86 valence electrons. The highest BCUT2D eigenvalue weighted by atomic mass is 16.3. The zero-order valence-electron chi connectivity index (χ0n) is 10.3. The van der Waals surface area contributed by atoms with Gasteiger partial charge in [0, 0.05) is 0 Å². The molecule has 1 atom stereocenters. The van der Waals surface area contributed by atoms with Gasteiger partial charge in [-0.1, -0.05) is 49.4 Å². The van der Waals surface area contributed by atoms with Crippen molar-refractivity contribution in [3.63, 3.8) is 0 Å². The van der Waals surface area contributed by atoms with E-state index in [0.717, 1.165) is 28.7 Å². The van der Waals surface area contributed by atoms with E-state index < -0.39 is 6.10 Å². The Morgan fingerprint density at radius 1 is 1.25 bits per heavy atom. The molecule has 0 aliphatic rings. The largest absolute Gasteiger partial charge is 0.384 e. The van der Waals surface area contributed by atoms with Crippen molar-refractivity contribution in [3.05, 3.63) is 59.2 Å². The summed E-state index contributed by atoms with van der Waals surface area (Å²) < 4.78 is 0. The van der Waals surface area contributed by atoms with Gasteiger partial charge in [0.05, 0.1) is 0 Å². The van der Waals surface area contributed by atoms with E-state index in [4.69, 9.17) is 0 Å². The van der Waals surface area contributed by atoms with Crippen LogP contribution in [0.3, 0.4) is 0 Å². The van der Waals surface area contributed by atoms with Crippen LogP contribution in [0.1, 0.15) is 38.9 Å². The van der Waals surface area contributed by atoms with Crippen LogP contribution in [0, 0.1) is 0 Å². The first-order valence-electron chi connectivity index (χ1n) is 5.66. The van der Waals surface area contributed by atoms with E-state index in [1.165, 1.54) is 0 Å². The molecular formula is C15H20O. The zero-order chi connectivity index (χ0) is 12.1. The van der Waals surface area contributed by atoms with Gasteiger partial charge in [-0.25, -0.2) is 0 Å². The maximum Gasteiger partial charge on any atom is 0.101 e. The Balaban J connectivity index is 3.08. The van der Waals surface area contributed by atoms with Crippen LogP contribution in [-0.2, 0) is 0 Å². The second-order valence-corrected chi connectivity index (χ2v) is 4.10. The maximum absolute atomic E-state index is 10.3. The highest BCUT2D eigenvalue weighted by Crippen LogP contribution is 2.28. The molecule has 0 aromatic heterocycles. The summed E-state index contributed by atoms with van der Waals surface area (Å²) in [6.45, 7) is 9.99. The first-order valence-corrected chi connectivity index (χ1v) is 5.66.